The molecule has 0 bridgehead atoms. The second kappa shape index (κ2) is 9.66. The monoisotopic (exact) mass is 288 g/mol. The molecule has 0 fully saturated rings. The third kappa shape index (κ3) is 6.85. The van der Waals surface area contributed by atoms with E-state index in [0.29, 0.717) is 10.8 Å². The van der Waals surface area contributed by atoms with Crippen LogP contribution in [0, 0.1) is 0 Å². The topological polar surface area (TPSA) is 48.1 Å². The summed E-state index contributed by atoms with van der Waals surface area (Å²) in [5.74, 6) is 0.0190. The predicted octanol–water partition coefficient (Wildman–Crippen LogP) is 2.77. The van der Waals surface area contributed by atoms with E-state index in [1.165, 1.54) is 18.5 Å². The van der Waals surface area contributed by atoms with Gasteiger partial charge in [-0.3, -0.25) is 4.98 Å². The zero-order chi connectivity index (χ0) is 10.4. The molecule has 0 aliphatic carbocycles. The second-order valence-corrected chi connectivity index (χ2v) is 2.95. The summed E-state index contributed by atoms with van der Waals surface area (Å²) >= 11 is 5.65. The summed E-state index contributed by atoms with van der Waals surface area (Å²) in [4.78, 5) is 3.78. The Labute approximate surface area is 111 Å². The van der Waals surface area contributed by atoms with E-state index in [9.17, 15) is 4.39 Å². The summed E-state index contributed by atoms with van der Waals surface area (Å²) < 4.78 is 17.8. The van der Waals surface area contributed by atoms with E-state index in [-0.39, 0.29) is 38.0 Å². The van der Waals surface area contributed by atoms with Gasteiger partial charge in [-0.05, 0) is 6.08 Å². The van der Waals surface area contributed by atoms with Gasteiger partial charge >= 0.3 is 0 Å². The third-order valence-corrected chi connectivity index (χ3v) is 1.60. The molecule has 0 aromatic carbocycles. The van der Waals surface area contributed by atoms with Crippen LogP contribution in [-0.2, 0) is 0 Å². The van der Waals surface area contributed by atoms with Gasteiger partial charge in [-0.15, -0.1) is 24.8 Å². The number of nitrogens with two attached hydrogens (primary N) is 1. The van der Waals surface area contributed by atoms with Crippen LogP contribution < -0.4 is 10.5 Å². The first-order chi connectivity index (χ1) is 6.72. The van der Waals surface area contributed by atoms with Crippen molar-refractivity contribution >= 4 is 36.4 Å². The van der Waals surface area contributed by atoms with E-state index in [1.807, 2.05) is 0 Å². The van der Waals surface area contributed by atoms with Crippen molar-refractivity contribution in [3.63, 3.8) is 0 Å². The van der Waals surface area contributed by atoms with Gasteiger partial charge in [0.05, 0.1) is 11.2 Å². The highest BCUT2D eigenvalue weighted by Gasteiger charge is 1.98. The maximum absolute atomic E-state index is 12.8. The van der Waals surface area contributed by atoms with E-state index < -0.39 is 5.83 Å². The Hall–Kier alpha value is -0.550. The molecule has 0 atom stereocenters. The minimum atomic E-state index is -0.410. The van der Waals surface area contributed by atoms with Gasteiger partial charge in [-0.1, -0.05) is 11.6 Å². The first-order valence-electron chi connectivity index (χ1n) is 4.00. The summed E-state index contributed by atoms with van der Waals surface area (Å²) in [6.45, 7) is 0.00219. The largest absolute Gasteiger partial charge is 0.485 e. The molecule has 0 radical (unpaired) electrons. The van der Waals surface area contributed by atoms with E-state index >= 15 is 0 Å². The van der Waals surface area contributed by atoms with Crippen LogP contribution in [0.1, 0.15) is 0 Å². The number of hydrogen-bond donors (Lipinski definition) is 1. The van der Waals surface area contributed by atoms with Crippen molar-refractivity contribution < 1.29 is 9.13 Å². The molecule has 3 nitrogen and oxygen atoms in total. The molecule has 1 aromatic rings. The van der Waals surface area contributed by atoms with E-state index in [1.54, 1.807) is 6.07 Å². The van der Waals surface area contributed by atoms with Crippen molar-refractivity contribution in [2.24, 2.45) is 5.73 Å². The lowest BCUT2D eigenvalue weighted by Crippen LogP contribution is -2.01. The van der Waals surface area contributed by atoms with Gasteiger partial charge in [0.1, 0.15) is 18.2 Å². The molecular formula is C9H12Cl3FN2O. The summed E-state index contributed by atoms with van der Waals surface area (Å²) in [6.07, 6.45) is 4.18. The molecule has 0 unspecified atom stereocenters. The van der Waals surface area contributed by atoms with Crippen molar-refractivity contribution in [3.05, 3.63) is 35.4 Å². The van der Waals surface area contributed by atoms with Gasteiger partial charge in [0.2, 0.25) is 0 Å². The van der Waals surface area contributed by atoms with Crippen LogP contribution in [0.2, 0.25) is 5.02 Å². The molecule has 0 saturated heterocycles. The molecule has 92 valence electrons. The van der Waals surface area contributed by atoms with Crippen LogP contribution in [0.5, 0.6) is 5.75 Å². The fraction of sp³-hybridized carbons (Fsp3) is 0.222. The minimum absolute atomic E-state index is 0. The quantitative estimate of drug-likeness (QED) is 0.927. The van der Waals surface area contributed by atoms with Crippen LogP contribution >= 0.6 is 36.4 Å². The Morgan fingerprint density at radius 2 is 2.19 bits per heavy atom. The average Bonchev–Trinajstić information content (AvgIpc) is 2.15. The smallest absolute Gasteiger partial charge is 0.139 e. The maximum Gasteiger partial charge on any atom is 0.139 e. The van der Waals surface area contributed by atoms with Crippen LogP contribution in [-0.4, -0.2) is 18.1 Å². The van der Waals surface area contributed by atoms with Crippen molar-refractivity contribution in [1.82, 2.24) is 4.98 Å². The number of nitrogens with zero attached hydrogens (tertiary/aromatic N) is 1. The van der Waals surface area contributed by atoms with Gasteiger partial charge in [0.25, 0.3) is 0 Å². The van der Waals surface area contributed by atoms with Crippen LogP contribution in [0.3, 0.4) is 0 Å². The number of halogens is 4. The highest BCUT2D eigenvalue weighted by Crippen LogP contribution is 2.15. The molecule has 0 aliphatic heterocycles. The Morgan fingerprint density at radius 1 is 1.50 bits per heavy atom. The van der Waals surface area contributed by atoms with Crippen LogP contribution in [0.4, 0.5) is 4.39 Å². The lowest BCUT2D eigenvalue weighted by Gasteiger charge is -2.03. The maximum atomic E-state index is 12.8. The van der Waals surface area contributed by atoms with Gasteiger partial charge in [0.15, 0.2) is 0 Å². The molecular weight excluding hydrogens is 277 g/mol. The molecule has 1 aromatic heterocycles. The fourth-order valence-corrected chi connectivity index (χ4v) is 0.974. The average molecular weight is 290 g/mol. The van der Waals surface area contributed by atoms with Crippen molar-refractivity contribution in [2.45, 2.75) is 0 Å². The van der Waals surface area contributed by atoms with E-state index in [0.717, 1.165) is 0 Å². The van der Waals surface area contributed by atoms with Crippen molar-refractivity contribution in [1.29, 1.82) is 0 Å². The summed E-state index contributed by atoms with van der Waals surface area (Å²) in [5, 5.41) is 0.450. The Morgan fingerprint density at radius 3 is 2.75 bits per heavy atom. The first kappa shape index (κ1) is 17.8. The van der Waals surface area contributed by atoms with Crippen molar-refractivity contribution in [2.75, 3.05) is 13.2 Å². The number of aromatic nitrogens is 1. The van der Waals surface area contributed by atoms with Gasteiger partial charge in [-0.25, -0.2) is 4.39 Å². The standard InChI is InChI=1S/C9H10ClFN2O.2ClH/c10-7-3-9(5-13-4-7)14-6-8(11)1-2-12;;/h1,3-5H,2,6,12H2;2*1H/b8-1+;;. The lowest BCUT2D eigenvalue weighted by atomic mass is 10.4. The molecule has 0 amide bonds. The van der Waals surface area contributed by atoms with Crippen molar-refractivity contribution in [3.8, 4) is 5.75 Å². The predicted molar refractivity (Wildman–Crippen MR) is 67.5 cm³/mol. The second-order valence-electron chi connectivity index (χ2n) is 2.51. The number of ether oxygens (including phenoxy) is 1. The van der Waals surface area contributed by atoms with E-state index in [4.69, 9.17) is 22.1 Å². The molecule has 1 heterocycles. The zero-order valence-electron chi connectivity index (χ0n) is 8.23. The summed E-state index contributed by atoms with van der Waals surface area (Å²) in [6, 6.07) is 1.56. The Balaban J connectivity index is 0. The zero-order valence-corrected chi connectivity index (χ0v) is 10.6. The third-order valence-electron chi connectivity index (χ3n) is 1.40. The van der Waals surface area contributed by atoms with Crippen LogP contribution in [0.25, 0.3) is 0 Å². The summed E-state index contributed by atoms with van der Waals surface area (Å²) in [5.41, 5.74) is 5.12. The summed E-state index contributed by atoms with van der Waals surface area (Å²) in [7, 11) is 0. The lowest BCUT2D eigenvalue weighted by molar-refractivity contribution is 0.317. The normalized spacial score (nSPS) is 10.1. The molecule has 0 saturated carbocycles. The number of pyridine rings is 1. The molecule has 1 rings (SSSR count). The fourth-order valence-electron chi connectivity index (χ4n) is 0.810. The Bertz CT molecular complexity index is 336. The van der Waals surface area contributed by atoms with Crippen LogP contribution in [0.15, 0.2) is 30.4 Å². The molecule has 2 N–H and O–H groups in total. The van der Waals surface area contributed by atoms with E-state index in [2.05, 4.69) is 4.98 Å². The molecule has 7 heteroatoms. The SMILES string of the molecule is Cl.Cl.NC/C=C(/F)COc1cncc(Cl)c1. The first-order valence-corrected chi connectivity index (χ1v) is 4.38. The van der Waals surface area contributed by atoms with Gasteiger partial charge in [0, 0.05) is 18.8 Å². The Kier molecular flexibility index (Phi) is 10.8. The highest BCUT2D eigenvalue weighted by atomic mass is 35.5. The minimum Gasteiger partial charge on any atom is -0.485 e. The molecule has 16 heavy (non-hydrogen) atoms. The van der Waals surface area contributed by atoms with Gasteiger partial charge < -0.3 is 10.5 Å². The van der Waals surface area contributed by atoms with Gasteiger partial charge in [-0.2, -0.15) is 0 Å². The number of hydrogen-bond acceptors (Lipinski definition) is 3. The molecule has 0 spiro atoms. The molecule has 0 aliphatic rings. The highest BCUT2D eigenvalue weighted by molar-refractivity contribution is 6.30. The number of rotatable bonds is 4.